The summed E-state index contributed by atoms with van der Waals surface area (Å²) < 4.78 is 5.23. The third-order valence-corrected chi connectivity index (χ3v) is 4.87. The Labute approximate surface area is 155 Å². The highest BCUT2D eigenvalue weighted by Crippen LogP contribution is 2.31. The van der Waals surface area contributed by atoms with E-state index in [2.05, 4.69) is 5.32 Å². The number of aryl methyl sites for hydroxylation is 1. The van der Waals surface area contributed by atoms with E-state index in [9.17, 15) is 9.59 Å². The van der Waals surface area contributed by atoms with E-state index in [1.165, 1.54) is 18.9 Å². The number of ether oxygens (including phenoxy) is 1. The SMILES string of the molecule is COc1cc(Cl)c(C)cc1NC(=O)CSCc1ccc(C(=O)O)cc1. The quantitative estimate of drug-likeness (QED) is 0.753. The maximum absolute atomic E-state index is 12.1. The second-order valence-electron chi connectivity index (χ2n) is 5.34. The molecule has 0 saturated carbocycles. The fourth-order valence-electron chi connectivity index (χ4n) is 2.12. The smallest absolute Gasteiger partial charge is 0.335 e. The van der Waals surface area contributed by atoms with Crippen LogP contribution in [0.1, 0.15) is 21.5 Å². The first kappa shape index (κ1) is 19.1. The minimum Gasteiger partial charge on any atom is -0.495 e. The first-order chi connectivity index (χ1) is 11.9. The summed E-state index contributed by atoms with van der Waals surface area (Å²) in [5, 5.41) is 12.3. The molecule has 25 heavy (non-hydrogen) atoms. The van der Waals surface area contributed by atoms with Gasteiger partial charge in [-0.05, 0) is 36.2 Å². The third kappa shape index (κ3) is 5.41. The van der Waals surface area contributed by atoms with E-state index in [1.54, 1.807) is 36.4 Å². The van der Waals surface area contributed by atoms with E-state index in [0.717, 1.165) is 11.1 Å². The minimum absolute atomic E-state index is 0.146. The van der Waals surface area contributed by atoms with Crippen LogP contribution in [0.5, 0.6) is 5.75 Å². The molecule has 0 radical (unpaired) electrons. The minimum atomic E-state index is -0.953. The van der Waals surface area contributed by atoms with Crippen LogP contribution >= 0.6 is 23.4 Å². The van der Waals surface area contributed by atoms with Gasteiger partial charge in [-0.3, -0.25) is 4.79 Å². The van der Waals surface area contributed by atoms with Crippen molar-refractivity contribution in [1.82, 2.24) is 0 Å². The number of benzene rings is 2. The van der Waals surface area contributed by atoms with E-state index in [1.807, 2.05) is 6.92 Å². The number of carbonyl (C=O) groups excluding carboxylic acids is 1. The summed E-state index contributed by atoms with van der Waals surface area (Å²) in [6.07, 6.45) is 0. The molecule has 0 atom stereocenters. The molecule has 2 N–H and O–H groups in total. The molecule has 0 saturated heterocycles. The summed E-state index contributed by atoms with van der Waals surface area (Å²) in [7, 11) is 1.52. The normalized spacial score (nSPS) is 10.4. The van der Waals surface area contributed by atoms with E-state index < -0.39 is 5.97 Å². The van der Waals surface area contributed by atoms with Crippen molar-refractivity contribution in [3.8, 4) is 5.75 Å². The second kappa shape index (κ2) is 8.78. The van der Waals surface area contributed by atoms with Crippen molar-refractivity contribution in [2.45, 2.75) is 12.7 Å². The molecule has 0 aromatic heterocycles. The van der Waals surface area contributed by atoms with Gasteiger partial charge in [0.15, 0.2) is 0 Å². The molecule has 0 aliphatic heterocycles. The standard InChI is InChI=1S/C18H18ClNO4S/c1-11-7-15(16(24-2)8-14(11)19)20-17(21)10-25-9-12-3-5-13(6-4-12)18(22)23/h3-8H,9-10H2,1-2H3,(H,20,21)(H,22,23). The molecule has 132 valence electrons. The number of aromatic carboxylic acids is 1. The predicted molar refractivity (Wildman–Crippen MR) is 101 cm³/mol. The number of halogens is 1. The monoisotopic (exact) mass is 379 g/mol. The first-order valence-electron chi connectivity index (χ1n) is 7.44. The lowest BCUT2D eigenvalue weighted by molar-refractivity contribution is -0.113. The number of carboxylic acid groups (broad SMARTS) is 1. The molecular weight excluding hydrogens is 362 g/mol. The summed E-state index contributed by atoms with van der Waals surface area (Å²) in [4.78, 5) is 22.9. The van der Waals surface area contributed by atoms with Gasteiger partial charge in [-0.25, -0.2) is 4.79 Å². The lowest BCUT2D eigenvalue weighted by Crippen LogP contribution is -2.15. The van der Waals surface area contributed by atoms with Crippen LogP contribution in [0.2, 0.25) is 5.02 Å². The van der Waals surface area contributed by atoms with Gasteiger partial charge in [-0.15, -0.1) is 11.8 Å². The fourth-order valence-corrected chi connectivity index (χ4v) is 3.06. The number of anilines is 1. The zero-order chi connectivity index (χ0) is 18.4. The number of carboxylic acids is 1. The molecule has 0 spiro atoms. The number of amides is 1. The van der Waals surface area contributed by atoms with E-state index >= 15 is 0 Å². The van der Waals surface area contributed by atoms with Crippen molar-refractivity contribution >= 4 is 40.9 Å². The van der Waals surface area contributed by atoms with Crippen molar-refractivity contribution in [2.24, 2.45) is 0 Å². The van der Waals surface area contributed by atoms with E-state index in [4.69, 9.17) is 21.4 Å². The third-order valence-electron chi connectivity index (χ3n) is 3.46. The van der Waals surface area contributed by atoms with Crippen LogP contribution in [0.25, 0.3) is 0 Å². The number of thioether (sulfide) groups is 1. The van der Waals surface area contributed by atoms with Gasteiger partial charge in [0.25, 0.3) is 0 Å². The van der Waals surface area contributed by atoms with Gasteiger partial charge in [-0.1, -0.05) is 23.7 Å². The molecule has 2 aromatic carbocycles. The molecule has 2 rings (SSSR count). The molecule has 0 aliphatic carbocycles. The first-order valence-corrected chi connectivity index (χ1v) is 8.98. The Morgan fingerprint density at radius 2 is 1.92 bits per heavy atom. The van der Waals surface area contributed by atoms with Gasteiger partial charge in [0.2, 0.25) is 5.91 Å². The van der Waals surface area contributed by atoms with Crippen molar-refractivity contribution < 1.29 is 19.4 Å². The summed E-state index contributed by atoms with van der Waals surface area (Å²) in [6, 6.07) is 10.1. The number of hydrogen-bond acceptors (Lipinski definition) is 4. The molecule has 0 aliphatic rings. The summed E-state index contributed by atoms with van der Waals surface area (Å²) in [6.45, 7) is 1.85. The molecule has 7 heteroatoms. The lowest BCUT2D eigenvalue weighted by Gasteiger charge is -2.12. The molecule has 0 unspecified atom stereocenters. The Bertz CT molecular complexity index is 777. The highest BCUT2D eigenvalue weighted by Gasteiger charge is 2.10. The van der Waals surface area contributed by atoms with Crippen LogP contribution in [-0.4, -0.2) is 29.8 Å². The van der Waals surface area contributed by atoms with Crippen LogP contribution in [0.15, 0.2) is 36.4 Å². The summed E-state index contributed by atoms with van der Waals surface area (Å²) in [5.74, 6) is 0.298. The average Bonchev–Trinajstić information content (AvgIpc) is 2.58. The van der Waals surface area contributed by atoms with Crippen molar-refractivity contribution in [3.05, 3.63) is 58.1 Å². The predicted octanol–water partition coefficient (Wildman–Crippen LogP) is 4.23. The van der Waals surface area contributed by atoms with Gasteiger partial charge in [-0.2, -0.15) is 0 Å². The lowest BCUT2D eigenvalue weighted by atomic mass is 10.1. The number of nitrogens with one attached hydrogen (secondary N) is 1. The van der Waals surface area contributed by atoms with Crippen LogP contribution in [0.4, 0.5) is 5.69 Å². The van der Waals surface area contributed by atoms with Crippen LogP contribution < -0.4 is 10.1 Å². The van der Waals surface area contributed by atoms with Gasteiger partial charge < -0.3 is 15.2 Å². The van der Waals surface area contributed by atoms with Gasteiger partial charge >= 0.3 is 5.97 Å². The fraction of sp³-hybridized carbons (Fsp3) is 0.222. The summed E-state index contributed by atoms with van der Waals surface area (Å²) in [5.41, 5.74) is 2.64. The zero-order valence-electron chi connectivity index (χ0n) is 13.8. The number of carbonyl (C=O) groups is 2. The zero-order valence-corrected chi connectivity index (χ0v) is 15.4. The van der Waals surface area contributed by atoms with Gasteiger partial charge in [0.05, 0.1) is 24.1 Å². The van der Waals surface area contributed by atoms with Crippen LogP contribution in [0.3, 0.4) is 0 Å². The van der Waals surface area contributed by atoms with E-state index in [0.29, 0.717) is 22.2 Å². The molecule has 2 aromatic rings. The maximum Gasteiger partial charge on any atom is 0.335 e. The molecule has 0 fully saturated rings. The Morgan fingerprint density at radius 3 is 2.52 bits per heavy atom. The number of methoxy groups -OCH3 is 1. The second-order valence-corrected chi connectivity index (χ2v) is 6.74. The highest BCUT2D eigenvalue weighted by atomic mass is 35.5. The number of hydrogen-bond donors (Lipinski definition) is 2. The van der Waals surface area contributed by atoms with Crippen molar-refractivity contribution in [1.29, 1.82) is 0 Å². The molecular formula is C18H18ClNO4S. The Morgan fingerprint density at radius 1 is 1.24 bits per heavy atom. The Hall–Kier alpha value is -2.18. The van der Waals surface area contributed by atoms with Crippen LogP contribution in [0, 0.1) is 6.92 Å². The molecule has 1 amide bonds. The molecule has 5 nitrogen and oxygen atoms in total. The van der Waals surface area contributed by atoms with E-state index in [-0.39, 0.29) is 17.2 Å². The molecule has 0 heterocycles. The van der Waals surface area contributed by atoms with Crippen molar-refractivity contribution in [3.63, 3.8) is 0 Å². The highest BCUT2D eigenvalue weighted by molar-refractivity contribution is 7.99. The Balaban J connectivity index is 1.89. The van der Waals surface area contributed by atoms with Crippen LogP contribution in [-0.2, 0) is 10.5 Å². The maximum atomic E-state index is 12.1. The average molecular weight is 380 g/mol. The largest absolute Gasteiger partial charge is 0.495 e. The molecule has 0 bridgehead atoms. The topological polar surface area (TPSA) is 75.6 Å². The van der Waals surface area contributed by atoms with Gasteiger partial charge in [0, 0.05) is 16.8 Å². The number of rotatable bonds is 7. The Kier molecular flexibility index (Phi) is 6.73. The summed E-state index contributed by atoms with van der Waals surface area (Å²) >= 11 is 7.49. The van der Waals surface area contributed by atoms with Crippen molar-refractivity contribution in [2.75, 3.05) is 18.2 Å². The van der Waals surface area contributed by atoms with Gasteiger partial charge in [0.1, 0.15) is 5.75 Å².